The third-order valence-corrected chi connectivity index (χ3v) is 4.43. The van der Waals surface area contributed by atoms with Crippen molar-refractivity contribution in [2.45, 2.75) is 51.5 Å². The maximum Gasteiger partial charge on any atom is 0.221 e. The van der Waals surface area contributed by atoms with E-state index in [0.717, 1.165) is 19.5 Å². The summed E-state index contributed by atoms with van der Waals surface area (Å²) in [5.41, 5.74) is 0. The lowest BCUT2D eigenvalue weighted by molar-refractivity contribution is -0.121. The summed E-state index contributed by atoms with van der Waals surface area (Å²) in [4.78, 5) is 14.4. The average Bonchev–Trinajstić information content (AvgIpc) is 2.91. The van der Waals surface area contributed by atoms with Crippen molar-refractivity contribution in [1.82, 2.24) is 15.5 Å². The Bertz CT molecular complexity index is 278. The molecule has 2 saturated heterocycles. The first kappa shape index (κ1) is 21.0. The zero-order valence-corrected chi connectivity index (χ0v) is 14.7. The molecule has 6 heteroatoms. The van der Waals surface area contributed by atoms with Crippen molar-refractivity contribution in [3.8, 4) is 0 Å². The van der Waals surface area contributed by atoms with E-state index < -0.39 is 0 Å². The molecule has 0 aromatic rings. The Morgan fingerprint density at radius 1 is 1.24 bits per heavy atom. The summed E-state index contributed by atoms with van der Waals surface area (Å²) in [6.07, 6.45) is 6.76. The molecule has 1 atom stereocenters. The van der Waals surface area contributed by atoms with E-state index in [2.05, 4.69) is 22.5 Å². The Hall–Kier alpha value is -0.0300. The van der Waals surface area contributed by atoms with Gasteiger partial charge in [-0.2, -0.15) is 0 Å². The highest BCUT2D eigenvalue weighted by molar-refractivity contribution is 5.85. The van der Waals surface area contributed by atoms with E-state index >= 15 is 0 Å². The van der Waals surface area contributed by atoms with Crippen molar-refractivity contribution >= 4 is 30.7 Å². The molecule has 4 nitrogen and oxygen atoms in total. The number of nitrogens with one attached hydrogen (secondary N) is 2. The number of amides is 1. The van der Waals surface area contributed by atoms with Gasteiger partial charge in [0.25, 0.3) is 0 Å². The van der Waals surface area contributed by atoms with Crippen molar-refractivity contribution in [2.75, 3.05) is 32.7 Å². The highest BCUT2D eigenvalue weighted by Gasteiger charge is 2.21. The van der Waals surface area contributed by atoms with Gasteiger partial charge in [-0.3, -0.25) is 4.79 Å². The number of hydrogen-bond acceptors (Lipinski definition) is 3. The fraction of sp³-hybridized carbons (Fsp3) is 0.933. The Morgan fingerprint density at radius 3 is 2.52 bits per heavy atom. The monoisotopic (exact) mass is 339 g/mol. The second-order valence-electron chi connectivity index (χ2n) is 6.09. The van der Waals surface area contributed by atoms with Gasteiger partial charge in [-0.15, -0.1) is 24.8 Å². The molecule has 1 unspecified atom stereocenters. The van der Waals surface area contributed by atoms with Crippen LogP contribution in [0.5, 0.6) is 0 Å². The fourth-order valence-corrected chi connectivity index (χ4v) is 3.22. The Morgan fingerprint density at radius 2 is 1.95 bits per heavy atom. The SMILES string of the molecule is CCCN1CCC(CNC(=O)CC2CCCN2)CC1.Cl.Cl. The Labute approximate surface area is 141 Å². The van der Waals surface area contributed by atoms with Gasteiger partial charge in [0.05, 0.1) is 0 Å². The maximum absolute atomic E-state index is 11.8. The van der Waals surface area contributed by atoms with Crippen LogP contribution in [0.4, 0.5) is 0 Å². The molecule has 0 bridgehead atoms. The molecule has 0 aromatic carbocycles. The van der Waals surface area contributed by atoms with E-state index in [1.165, 1.54) is 45.3 Å². The molecule has 126 valence electrons. The van der Waals surface area contributed by atoms with Crippen LogP contribution >= 0.6 is 24.8 Å². The van der Waals surface area contributed by atoms with Gasteiger partial charge in [-0.25, -0.2) is 0 Å². The number of carbonyl (C=O) groups is 1. The summed E-state index contributed by atoms with van der Waals surface area (Å²) >= 11 is 0. The number of hydrogen-bond donors (Lipinski definition) is 2. The summed E-state index contributed by atoms with van der Waals surface area (Å²) < 4.78 is 0. The normalized spacial score (nSPS) is 23.2. The fourth-order valence-electron chi connectivity index (χ4n) is 3.22. The predicted molar refractivity (Wildman–Crippen MR) is 92.6 cm³/mol. The lowest BCUT2D eigenvalue weighted by Gasteiger charge is -2.31. The van der Waals surface area contributed by atoms with Crippen molar-refractivity contribution in [1.29, 1.82) is 0 Å². The standard InChI is InChI=1S/C15H29N3O.2ClH/c1-2-8-18-9-5-13(6-10-18)12-17-15(19)11-14-4-3-7-16-14;;/h13-14,16H,2-12H2,1H3,(H,17,19);2*1H. The van der Waals surface area contributed by atoms with Gasteiger partial charge < -0.3 is 15.5 Å². The van der Waals surface area contributed by atoms with Crippen LogP contribution in [-0.2, 0) is 4.79 Å². The average molecular weight is 340 g/mol. The number of carbonyl (C=O) groups excluding carboxylic acids is 1. The number of rotatable bonds is 6. The first-order valence-electron chi connectivity index (χ1n) is 8.00. The van der Waals surface area contributed by atoms with Crippen LogP contribution in [0, 0.1) is 5.92 Å². The van der Waals surface area contributed by atoms with Gasteiger partial charge in [0.1, 0.15) is 0 Å². The maximum atomic E-state index is 11.8. The quantitative estimate of drug-likeness (QED) is 0.779. The number of nitrogens with zero attached hydrogens (tertiary/aromatic N) is 1. The second-order valence-corrected chi connectivity index (χ2v) is 6.09. The molecule has 2 N–H and O–H groups in total. The van der Waals surface area contributed by atoms with Crippen LogP contribution in [0.15, 0.2) is 0 Å². The first-order valence-corrected chi connectivity index (χ1v) is 8.00. The van der Waals surface area contributed by atoms with E-state index in [1.807, 2.05) is 0 Å². The molecule has 0 spiro atoms. The van der Waals surface area contributed by atoms with Crippen LogP contribution < -0.4 is 10.6 Å². The van der Waals surface area contributed by atoms with Crippen LogP contribution in [0.25, 0.3) is 0 Å². The third-order valence-electron chi connectivity index (χ3n) is 4.43. The molecule has 0 aliphatic carbocycles. The molecule has 0 saturated carbocycles. The molecule has 2 rings (SSSR count). The van der Waals surface area contributed by atoms with Gasteiger partial charge in [0.2, 0.25) is 5.91 Å². The number of piperidine rings is 1. The minimum absolute atomic E-state index is 0. The minimum Gasteiger partial charge on any atom is -0.356 e. The van der Waals surface area contributed by atoms with E-state index in [1.54, 1.807) is 0 Å². The van der Waals surface area contributed by atoms with E-state index in [9.17, 15) is 4.79 Å². The van der Waals surface area contributed by atoms with E-state index in [-0.39, 0.29) is 30.7 Å². The van der Waals surface area contributed by atoms with Crippen LogP contribution in [0.3, 0.4) is 0 Å². The smallest absolute Gasteiger partial charge is 0.221 e. The number of halogens is 2. The van der Waals surface area contributed by atoms with Crippen molar-refractivity contribution < 1.29 is 4.79 Å². The lowest BCUT2D eigenvalue weighted by atomic mass is 9.96. The molecule has 21 heavy (non-hydrogen) atoms. The van der Waals surface area contributed by atoms with E-state index in [4.69, 9.17) is 0 Å². The summed E-state index contributed by atoms with van der Waals surface area (Å²) in [6, 6.07) is 0.423. The van der Waals surface area contributed by atoms with Crippen molar-refractivity contribution in [3.63, 3.8) is 0 Å². The highest BCUT2D eigenvalue weighted by Crippen LogP contribution is 2.16. The predicted octanol–water partition coefficient (Wildman–Crippen LogP) is 2.21. The Balaban J connectivity index is 0.00000200. The largest absolute Gasteiger partial charge is 0.356 e. The third kappa shape index (κ3) is 7.68. The molecule has 0 aromatic heterocycles. The molecule has 2 aliphatic rings. The zero-order chi connectivity index (χ0) is 13.5. The summed E-state index contributed by atoms with van der Waals surface area (Å²) in [7, 11) is 0. The molecule has 1 amide bonds. The van der Waals surface area contributed by atoms with Gasteiger partial charge in [0, 0.05) is 19.0 Å². The molecule has 2 fully saturated rings. The summed E-state index contributed by atoms with van der Waals surface area (Å²) in [5, 5.41) is 6.51. The van der Waals surface area contributed by atoms with E-state index in [0.29, 0.717) is 18.4 Å². The van der Waals surface area contributed by atoms with Crippen molar-refractivity contribution in [3.05, 3.63) is 0 Å². The van der Waals surface area contributed by atoms with Crippen LogP contribution in [-0.4, -0.2) is 49.6 Å². The van der Waals surface area contributed by atoms with Crippen LogP contribution in [0.1, 0.15) is 45.4 Å². The minimum atomic E-state index is 0. The number of likely N-dealkylation sites (tertiary alicyclic amines) is 1. The first-order chi connectivity index (χ1) is 9.28. The molecular weight excluding hydrogens is 309 g/mol. The molecular formula is C15H31Cl2N3O. The highest BCUT2D eigenvalue weighted by atomic mass is 35.5. The molecule has 2 aliphatic heterocycles. The zero-order valence-electron chi connectivity index (χ0n) is 13.1. The van der Waals surface area contributed by atoms with Gasteiger partial charge in [-0.05, 0) is 64.2 Å². The molecule has 0 radical (unpaired) electrons. The summed E-state index contributed by atoms with van der Waals surface area (Å²) in [6.45, 7) is 7.84. The second kappa shape index (κ2) is 11.5. The lowest BCUT2D eigenvalue weighted by Crippen LogP contribution is -2.40. The molecule has 2 heterocycles. The van der Waals surface area contributed by atoms with Gasteiger partial charge in [0.15, 0.2) is 0 Å². The van der Waals surface area contributed by atoms with Gasteiger partial charge >= 0.3 is 0 Å². The summed E-state index contributed by atoms with van der Waals surface area (Å²) in [5.74, 6) is 0.920. The van der Waals surface area contributed by atoms with Crippen molar-refractivity contribution in [2.24, 2.45) is 5.92 Å². The topological polar surface area (TPSA) is 44.4 Å². The van der Waals surface area contributed by atoms with Gasteiger partial charge in [-0.1, -0.05) is 6.92 Å². The van der Waals surface area contributed by atoms with Crippen LogP contribution in [0.2, 0.25) is 0 Å². The Kier molecular flexibility index (Phi) is 11.5.